The first-order chi connectivity index (χ1) is 6.50. The van der Waals surface area contributed by atoms with Gasteiger partial charge in [-0.15, -0.1) is 0 Å². The molecule has 0 aliphatic carbocycles. The van der Waals surface area contributed by atoms with Crippen molar-refractivity contribution in [1.82, 2.24) is 0 Å². The van der Waals surface area contributed by atoms with Crippen LogP contribution in [0, 0.1) is 0 Å². The average Bonchev–Trinajstić information content (AvgIpc) is 2.56. The summed E-state index contributed by atoms with van der Waals surface area (Å²) in [5.41, 5.74) is -0.0550. The highest BCUT2D eigenvalue weighted by Gasteiger charge is 2.45. The van der Waals surface area contributed by atoms with Crippen molar-refractivity contribution < 1.29 is 37.4 Å². The summed E-state index contributed by atoms with van der Waals surface area (Å²) in [4.78, 5) is 0. The van der Waals surface area contributed by atoms with Crippen molar-refractivity contribution in [1.29, 1.82) is 0 Å². The Hall–Kier alpha value is 0.800. The number of hydrogen-bond donors (Lipinski definition) is 0. The Morgan fingerprint density at radius 2 is 2.07 bits per heavy atom. The molecule has 0 saturated carbocycles. The van der Waals surface area contributed by atoms with E-state index < -0.39 is 10.8 Å². The van der Waals surface area contributed by atoms with E-state index in [1.54, 1.807) is 0 Å². The third-order valence-electron chi connectivity index (χ3n) is 3.63. The summed E-state index contributed by atoms with van der Waals surface area (Å²) in [7, 11) is 3.75. The Balaban J connectivity index is 0.00000112. The summed E-state index contributed by atoms with van der Waals surface area (Å²) in [6.07, 6.45) is 2.73. The molecule has 90 valence electrons. The van der Waals surface area contributed by atoms with Gasteiger partial charge in [-0.3, -0.25) is 4.21 Å². The van der Waals surface area contributed by atoms with Crippen LogP contribution in [-0.4, -0.2) is 52.7 Å². The number of ether oxygens (including phenoxy) is 1. The molecule has 2 rings (SSSR count). The molecule has 0 N–H and O–H groups in total. The average molecular weight is 345 g/mol. The summed E-state index contributed by atoms with van der Waals surface area (Å²) in [5.74, 6) is 0.744. The highest BCUT2D eigenvalue weighted by Crippen LogP contribution is 2.30. The standard InChI is InChI=1S/C10H20NO2S.HI/c1-8-13-10(7-14(8)12)9-5-4-6-11(9,2)3;/h8-10H,4-7H2,1-3H3;1H/q+1;/p-1/t8-,9-,10+,14-;/m1./s1. The summed E-state index contributed by atoms with van der Waals surface area (Å²) in [5, 5.41) is 0. The Morgan fingerprint density at radius 3 is 2.47 bits per heavy atom. The minimum Gasteiger partial charge on any atom is -1.00 e. The second kappa shape index (κ2) is 4.98. The number of quaternary nitrogens is 1. The predicted molar refractivity (Wildman–Crippen MR) is 57.3 cm³/mol. The van der Waals surface area contributed by atoms with Gasteiger partial charge < -0.3 is 33.2 Å². The number of rotatable bonds is 1. The molecule has 2 aliphatic heterocycles. The van der Waals surface area contributed by atoms with Crippen LogP contribution < -0.4 is 24.0 Å². The second-order valence-electron chi connectivity index (χ2n) is 5.00. The van der Waals surface area contributed by atoms with Crippen molar-refractivity contribution in [2.75, 3.05) is 26.4 Å². The molecular weight excluding hydrogens is 325 g/mol. The normalized spacial score (nSPS) is 43.9. The molecule has 2 heterocycles. The van der Waals surface area contributed by atoms with Crippen LogP contribution in [0.4, 0.5) is 0 Å². The highest BCUT2D eigenvalue weighted by molar-refractivity contribution is 7.85. The zero-order valence-corrected chi connectivity index (χ0v) is 12.6. The number of nitrogens with zero attached hydrogens (tertiary/aromatic N) is 1. The largest absolute Gasteiger partial charge is 1.00 e. The van der Waals surface area contributed by atoms with E-state index in [2.05, 4.69) is 14.1 Å². The first-order valence-electron chi connectivity index (χ1n) is 5.36. The maximum absolute atomic E-state index is 11.5. The van der Waals surface area contributed by atoms with E-state index in [0.29, 0.717) is 6.04 Å². The molecule has 0 aromatic heterocycles. The minimum absolute atomic E-state index is 0. The fourth-order valence-electron chi connectivity index (χ4n) is 2.71. The summed E-state index contributed by atoms with van der Waals surface area (Å²) < 4.78 is 18.3. The van der Waals surface area contributed by atoms with Gasteiger partial charge in [0.05, 0.1) is 37.2 Å². The van der Waals surface area contributed by atoms with Gasteiger partial charge in [-0.1, -0.05) is 0 Å². The summed E-state index contributed by atoms with van der Waals surface area (Å²) in [6, 6.07) is 0.559. The maximum atomic E-state index is 11.5. The number of likely N-dealkylation sites (tertiary alicyclic amines) is 1. The van der Waals surface area contributed by atoms with Crippen LogP contribution in [0.5, 0.6) is 0 Å². The van der Waals surface area contributed by atoms with Gasteiger partial charge in [0.1, 0.15) is 17.6 Å². The second-order valence-corrected chi connectivity index (χ2v) is 6.76. The Morgan fingerprint density at radius 1 is 1.40 bits per heavy atom. The molecule has 15 heavy (non-hydrogen) atoms. The van der Waals surface area contributed by atoms with Crippen LogP contribution in [0.1, 0.15) is 19.8 Å². The van der Waals surface area contributed by atoms with E-state index in [-0.39, 0.29) is 35.5 Å². The molecule has 2 fully saturated rings. The molecule has 0 radical (unpaired) electrons. The van der Waals surface area contributed by atoms with E-state index in [0.717, 1.165) is 10.2 Å². The van der Waals surface area contributed by atoms with Gasteiger partial charge in [0.25, 0.3) is 0 Å². The Bertz CT molecular complexity index is 260. The molecule has 4 atom stereocenters. The number of halogens is 1. The molecule has 0 amide bonds. The SMILES string of the molecule is C[C@@H]1O[C@H]([C@H]2CCC[N+]2(C)C)C[S@]1=O.[I-]. The quantitative estimate of drug-likeness (QED) is 0.396. The molecule has 5 heteroatoms. The third-order valence-corrected chi connectivity index (χ3v) is 5.14. The van der Waals surface area contributed by atoms with Crippen LogP contribution in [0.3, 0.4) is 0 Å². The third kappa shape index (κ3) is 2.73. The van der Waals surface area contributed by atoms with Gasteiger partial charge in [0.15, 0.2) is 0 Å². The molecule has 0 bridgehead atoms. The zero-order valence-electron chi connectivity index (χ0n) is 9.61. The minimum atomic E-state index is -0.759. The van der Waals surface area contributed by atoms with Gasteiger partial charge in [-0.2, -0.15) is 0 Å². The van der Waals surface area contributed by atoms with Crippen molar-refractivity contribution in [2.24, 2.45) is 0 Å². The van der Waals surface area contributed by atoms with E-state index in [4.69, 9.17) is 4.74 Å². The molecule has 0 aromatic carbocycles. The lowest BCUT2D eigenvalue weighted by atomic mass is 10.1. The lowest BCUT2D eigenvalue weighted by Gasteiger charge is -2.34. The van der Waals surface area contributed by atoms with Crippen LogP contribution >= 0.6 is 0 Å². The highest BCUT2D eigenvalue weighted by atomic mass is 127. The molecule has 2 aliphatic rings. The van der Waals surface area contributed by atoms with E-state index in [1.807, 2.05) is 6.92 Å². The topological polar surface area (TPSA) is 26.3 Å². The fourth-order valence-corrected chi connectivity index (χ4v) is 3.87. The van der Waals surface area contributed by atoms with Crippen molar-refractivity contribution in [2.45, 2.75) is 37.3 Å². The van der Waals surface area contributed by atoms with Gasteiger partial charge in [-0.25, -0.2) is 0 Å². The molecule has 0 spiro atoms. The molecule has 0 aromatic rings. The first-order valence-corrected chi connectivity index (χ1v) is 6.74. The van der Waals surface area contributed by atoms with Crippen LogP contribution in [0.15, 0.2) is 0 Å². The maximum Gasteiger partial charge on any atom is 0.130 e. The van der Waals surface area contributed by atoms with Crippen LogP contribution in [0.2, 0.25) is 0 Å². The molecular formula is C10H20INO2S. The summed E-state index contributed by atoms with van der Waals surface area (Å²) in [6.45, 7) is 3.15. The van der Waals surface area contributed by atoms with Gasteiger partial charge in [0.2, 0.25) is 0 Å². The van der Waals surface area contributed by atoms with Crippen molar-refractivity contribution in [3.63, 3.8) is 0 Å². The Labute approximate surface area is 112 Å². The fraction of sp³-hybridized carbons (Fsp3) is 1.00. The molecule has 3 nitrogen and oxygen atoms in total. The van der Waals surface area contributed by atoms with E-state index in [1.165, 1.54) is 19.4 Å². The zero-order chi connectivity index (χ0) is 10.3. The lowest BCUT2D eigenvalue weighted by Crippen LogP contribution is -3.00. The number of hydrogen-bond acceptors (Lipinski definition) is 2. The predicted octanol–water partition coefficient (Wildman–Crippen LogP) is -2.28. The van der Waals surface area contributed by atoms with Crippen molar-refractivity contribution in [3.05, 3.63) is 0 Å². The smallest absolute Gasteiger partial charge is 0.130 e. The van der Waals surface area contributed by atoms with Gasteiger partial charge in [-0.05, 0) is 6.92 Å². The monoisotopic (exact) mass is 345 g/mol. The van der Waals surface area contributed by atoms with Crippen LogP contribution in [0.25, 0.3) is 0 Å². The van der Waals surface area contributed by atoms with Crippen molar-refractivity contribution >= 4 is 10.8 Å². The molecule has 0 unspecified atom stereocenters. The van der Waals surface area contributed by atoms with Gasteiger partial charge >= 0.3 is 0 Å². The van der Waals surface area contributed by atoms with Crippen molar-refractivity contribution in [3.8, 4) is 0 Å². The van der Waals surface area contributed by atoms with E-state index >= 15 is 0 Å². The Kier molecular flexibility index (Phi) is 4.60. The number of likely N-dealkylation sites (N-methyl/N-ethyl adjacent to an activating group) is 1. The van der Waals surface area contributed by atoms with Gasteiger partial charge in [0, 0.05) is 12.8 Å². The lowest BCUT2D eigenvalue weighted by molar-refractivity contribution is -0.905. The van der Waals surface area contributed by atoms with E-state index in [9.17, 15) is 4.21 Å². The van der Waals surface area contributed by atoms with Crippen LogP contribution in [-0.2, 0) is 15.5 Å². The summed E-state index contributed by atoms with van der Waals surface area (Å²) >= 11 is 0. The molecule has 2 saturated heterocycles. The first kappa shape index (κ1) is 13.9.